The standard InChI is InChI=1S/C15H21NO2S/c1-10-3-6-13(9-11(10)2)19-8-7-14(15(17)18)16-12-4-5-12/h3,6,9,12,14,16H,4-5,7-8H2,1-2H3,(H,17,18). The smallest absolute Gasteiger partial charge is 0.320 e. The minimum absolute atomic E-state index is 0.397. The minimum Gasteiger partial charge on any atom is -0.480 e. The van der Waals surface area contributed by atoms with Crippen LogP contribution in [0.5, 0.6) is 0 Å². The van der Waals surface area contributed by atoms with E-state index >= 15 is 0 Å². The average molecular weight is 279 g/mol. The Bertz CT molecular complexity index is 457. The first-order valence-corrected chi connectivity index (χ1v) is 7.73. The van der Waals surface area contributed by atoms with Crippen LogP contribution in [0.3, 0.4) is 0 Å². The molecule has 0 spiro atoms. The molecular weight excluding hydrogens is 258 g/mol. The Morgan fingerprint density at radius 1 is 1.42 bits per heavy atom. The second-order valence-corrected chi connectivity index (χ2v) is 6.38. The van der Waals surface area contributed by atoms with Gasteiger partial charge in [0, 0.05) is 16.7 Å². The number of aliphatic carboxylic acids is 1. The summed E-state index contributed by atoms with van der Waals surface area (Å²) in [7, 11) is 0. The second-order valence-electron chi connectivity index (χ2n) is 5.21. The third-order valence-electron chi connectivity index (χ3n) is 3.47. The zero-order valence-corrected chi connectivity index (χ0v) is 12.3. The third-order valence-corrected chi connectivity index (χ3v) is 4.49. The highest BCUT2D eigenvalue weighted by Crippen LogP contribution is 2.24. The van der Waals surface area contributed by atoms with E-state index < -0.39 is 12.0 Å². The van der Waals surface area contributed by atoms with Crippen molar-refractivity contribution in [2.45, 2.75) is 50.1 Å². The van der Waals surface area contributed by atoms with Gasteiger partial charge in [-0.25, -0.2) is 0 Å². The molecule has 0 aromatic heterocycles. The second kappa shape index (κ2) is 6.44. The number of carboxylic acid groups (broad SMARTS) is 1. The lowest BCUT2D eigenvalue weighted by Crippen LogP contribution is -2.38. The van der Waals surface area contributed by atoms with Gasteiger partial charge in [-0.05, 0) is 56.4 Å². The van der Waals surface area contributed by atoms with Gasteiger partial charge in [0.25, 0.3) is 0 Å². The van der Waals surface area contributed by atoms with E-state index in [-0.39, 0.29) is 0 Å². The van der Waals surface area contributed by atoms with Crippen molar-refractivity contribution in [2.75, 3.05) is 5.75 Å². The fraction of sp³-hybridized carbons (Fsp3) is 0.533. The van der Waals surface area contributed by atoms with E-state index in [1.807, 2.05) is 0 Å². The summed E-state index contributed by atoms with van der Waals surface area (Å²) < 4.78 is 0. The fourth-order valence-electron chi connectivity index (χ4n) is 1.91. The summed E-state index contributed by atoms with van der Waals surface area (Å²) in [6.07, 6.45) is 2.91. The molecule has 4 heteroatoms. The summed E-state index contributed by atoms with van der Waals surface area (Å²) in [4.78, 5) is 12.4. The van der Waals surface area contributed by atoms with Gasteiger partial charge in [0.1, 0.15) is 6.04 Å². The van der Waals surface area contributed by atoms with Gasteiger partial charge in [-0.1, -0.05) is 6.07 Å². The number of carbonyl (C=O) groups is 1. The molecule has 1 unspecified atom stereocenters. The van der Waals surface area contributed by atoms with Gasteiger partial charge in [-0.3, -0.25) is 4.79 Å². The lowest BCUT2D eigenvalue weighted by atomic mass is 10.1. The quantitative estimate of drug-likeness (QED) is 0.753. The topological polar surface area (TPSA) is 49.3 Å². The van der Waals surface area contributed by atoms with Gasteiger partial charge in [0.2, 0.25) is 0 Å². The van der Waals surface area contributed by atoms with Crippen LogP contribution in [0, 0.1) is 13.8 Å². The molecule has 104 valence electrons. The first kappa shape index (κ1) is 14.4. The van der Waals surface area contributed by atoms with Crippen LogP contribution in [0.2, 0.25) is 0 Å². The predicted octanol–water partition coefficient (Wildman–Crippen LogP) is 2.99. The molecule has 19 heavy (non-hydrogen) atoms. The maximum Gasteiger partial charge on any atom is 0.320 e. The number of benzene rings is 1. The van der Waals surface area contributed by atoms with Crippen molar-refractivity contribution in [2.24, 2.45) is 0 Å². The summed E-state index contributed by atoms with van der Waals surface area (Å²) in [5.41, 5.74) is 2.58. The van der Waals surface area contributed by atoms with Crippen molar-refractivity contribution in [1.82, 2.24) is 5.32 Å². The van der Waals surface area contributed by atoms with Crippen LogP contribution in [-0.2, 0) is 4.79 Å². The molecule has 0 aliphatic heterocycles. The Kier molecular flexibility index (Phi) is 4.88. The van der Waals surface area contributed by atoms with Crippen LogP contribution in [0.25, 0.3) is 0 Å². The van der Waals surface area contributed by atoms with Gasteiger partial charge >= 0.3 is 5.97 Å². The van der Waals surface area contributed by atoms with Crippen LogP contribution in [0.15, 0.2) is 23.1 Å². The fourth-order valence-corrected chi connectivity index (χ4v) is 2.92. The van der Waals surface area contributed by atoms with E-state index in [9.17, 15) is 4.79 Å². The van der Waals surface area contributed by atoms with Crippen LogP contribution >= 0.6 is 11.8 Å². The summed E-state index contributed by atoms with van der Waals surface area (Å²) in [5, 5.41) is 12.3. The van der Waals surface area contributed by atoms with Crippen LogP contribution < -0.4 is 5.32 Å². The van der Waals surface area contributed by atoms with Crippen LogP contribution in [0.1, 0.15) is 30.4 Å². The Balaban J connectivity index is 1.80. The average Bonchev–Trinajstić information content (AvgIpc) is 3.16. The molecule has 2 N–H and O–H groups in total. The Hall–Kier alpha value is -1.00. The molecule has 2 rings (SSSR count). The Morgan fingerprint density at radius 2 is 2.16 bits per heavy atom. The number of rotatable bonds is 7. The largest absolute Gasteiger partial charge is 0.480 e. The van der Waals surface area contributed by atoms with Crippen molar-refractivity contribution in [3.63, 3.8) is 0 Å². The first-order chi connectivity index (χ1) is 9.06. The molecule has 0 saturated heterocycles. The van der Waals surface area contributed by atoms with E-state index in [1.54, 1.807) is 11.8 Å². The highest BCUT2D eigenvalue weighted by molar-refractivity contribution is 7.99. The molecule has 3 nitrogen and oxygen atoms in total. The molecule has 0 amide bonds. The molecule has 1 fully saturated rings. The number of hydrogen-bond acceptors (Lipinski definition) is 3. The molecule has 1 aromatic rings. The minimum atomic E-state index is -0.729. The Morgan fingerprint density at radius 3 is 2.74 bits per heavy atom. The zero-order chi connectivity index (χ0) is 13.8. The summed E-state index contributed by atoms with van der Waals surface area (Å²) in [6, 6.07) is 6.44. The molecular formula is C15H21NO2S. The highest BCUT2D eigenvalue weighted by Gasteiger charge is 2.27. The lowest BCUT2D eigenvalue weighted by Gasteiger charge is -2.13. The molecule has 1 aliphatic rings. The van der Waals surface area contributed by atoms with Crippen molar-refractivity contribution in [3.05, 3.63) is 29.3 Å². The van der Waals surface area contributed by atoms with Crippen molar-refractivity contribution < 1.29 is 9.90 Å². The normalized spacial score (nSPS) is 16.3. The zero-order valence-electron chi connectivity index (χ0n) is 11.5. The molecule has 1 aromatic carbocycles. The van der Waals surface area contributed by atoms with E-state index in [2.05, 4.69) is 37.4 Å². The van der Waals surface area contributed by atoms with E-state index in [0.717, 1.165) is 18.6 Å². The molecule has 0 bridgehead atoms. The van der Waals surface area contributed by atoms with E-state index in [4.69, 9.17) is 5.11 Å². The summed E-state index contributed by atoms with van der Waals surface area (Å²) >= 11 is 1.73. The van der Waals surface area contributed by atoms with Crippen molar-refractivity contribution in [3.8, 4) is 0 Å². The van der Waals surface area contributed by atoms with Gasteiger partial charge in [-0.15, -0.1) is 11.8 Å². The van der Waals surface area contributed by atoms with Gasteiger partial charge in [0.15, 0.2) is 0 Å². The molecule has 0 heterocycles. The summed E-state index contributed by atoms with van der Waals surface area (Å²) in [6.45, 7) is 4.21. The van der Waals surface area contributed by atoms with E-state index in [1.165, 1.54) is 16.0 Å². The van der Waals surface area contributed by atoms with Crippen molar-refractivity contribution >= 4 is 17.7 Å². The number of nitrogens with one attached hydrogen (secondary N) is 1. The van der Waals surface area contributed by atoms with Crippen molar-refractivity contribution in [1.29, 1.82) is 0 Å². The van der Waals surface area contributed by atoms with Gasteiger partial charge in [0.05, 0.1) is 0 Å². The summed E-state index contributed by atoms with van der Waals surface area (Å²) in [5.74, 6) is 0.103. The maximum absolute atomic E-state index is 11.1. The third kappa shape index (κ3) is 4.55. The molecule has 1 atom stereocenters. The maximum atomic E-state index is 11.1. The number of aryl methyl sites for hydroxylation is 2. The lowest BCUT2D eigenvalue weighted by molar-refractivity contribution is -0.139. The first-order valence-electron chi connectivity index (χ1n) is 6.75. The van der Waals surface area contributed by atoms with Gasteiger partial charge < -0.3 is 10.4 Å². The predicted molar refractivity (Wildman–Crippen MR) is 78.8 cm³/mol. The van der Waals surface area contributed by atoms with Crippen LogP contribution in [0.4, 0.5) is 0 Å². The van der Waals surface area contributed by atoms with E-state index in [0.29, 0.717) is 12.5 Å². The SMILES string of the molecule is Cc1ccc(SCCC(NC2CC2)C(=O)O)cc1C. The number of thioether (sulfide) groups is 1. The Labute approximate surface area is 118 Å². The molecule has 1 aliphatic carbocycles. The van der Waals surface area contributed by atoms with Gasteiger partial charge in [-0.2, -0.15) is 0 Å². The molecule has 0 radical (unpaired) electrons. The molecule has 1 saturated carbocycles. The number of carboxylic acids is 1. The monoisotopic (exact) mass is 279 g/mol. The number of hydrogen-bond donors (Lipinski definition) is 2. The van der Waals surface area contributed by atoms with Crippen LogP contribution in [-0.4, -0.2) is 28.9 Å². The highest BCUT2D eigenvalue weighted by atomic mass is 32.2.